The highest BCUT2D eigenvalue weighted by atomic mass is 32.2. The SMILES string of the molecule is COc1ccc(CO[C@H]2[C@@H]3OC(c4ccccc4)OC[C@H]3O[C@H](S(=O)c3ccccc3)[C@H]2OCc2ccc(OC)cc2)cc1. The van der Waals surface area contributed by atoms with Gasteiger partial charge < -0.3 is 33.2 Å². The van der Waals surface area contributed by atoms with Crippen molar-refractivity contribution in [2.45, 2.75) is 54.3 Å². The molecule has 0 bridgehead atoms. The molecular formula is C35H36O8S. The number of hydrogen-bond donors (Lipinski definition) is 0. The molecule has 2 saturated heterocycles. The summed E-state index contributed by atoms with van der Waals surface area (Å²) in [4.78, 5) is 0.641. The van der Waals surface area contributed by atoms with E-state index in [9.17, 15) is 4.21 Å². The minimum atomic E-state index is -1.57. The van der Waals surface area contributed by atoms with Gasteiger partial charge in [0.2, 0.25) is 0 Å². The van der Waals surface area contributed by atoms with Crippen molar-refractivity contribution in [3.8, 4) is 11.5 Å². The highest BCUT2D eigenvalue weighted by molar-refractivity contribution is 7.85. The third-order valence-corrected chi connectivity index (χ3v) is 9.28. The summed E-state index contributed by atoms with van der Waals surface area (Å²) in [5.74, 6) is 1.52. The molecule has 0 radical (unpaired) electrons. The Labute approximate surface area is 260 Å². The van der Waals surface area contributed by atoms with Crippen LogP contribution in [0.15, 0.2) is 114 Å². The second-order valence-electron chi connectivity index (χ2n) is 10.6. The van der Waals surface area contributed by atoms with E-state index in [1.807, 2.05) is 109 Å². The summed E-state index contributed by atoms with van der Waals surface area (Å²) in [6, 6.07) is 34.4. The van der Waals surface area contributed by atoms with Crippen molar-refractivity contribution >= 4 is 10.8 Å². The van der Waals surface area contributed by atoms with E-state index in [1.54, 1.807) is 14.2 Å². The largest absolute Gasteiger partial charge is 0.497 e. The molecule has 4 aromatic carbocycles. The topological polar surface area (TPSA) is 81.7 Å². The van der Waals surface area contributed by atoms with Crippen LogP contribution in [0.2, 0.25) is 0 Å². The van der Waals surface area contributed by atoms with E-state index in [0.29, 0.717) is 4.90 Å². The zero-order chi connectivity index (χ0) is 30.3. The van der Waals surface area contributed by atoms with E-state index >= 15 is 0 Å². The maximum absolute atomic E-state index is 14.1. The molecular weight excluding hydrogens is 580 g/mol. The Kier molecular flexibility index (Phi) is 10.0. The van der Waals surface area contributed by atoms with Crippen molar-refractivity contribution in [3.05, 3.63) is 126 Å². The fourth-order valence-electron chi connectivity index (χ4n) is 5.38. The molecule has 2 aliphatic heterocycles. The zero-order valence-electron chi connectivity index (χ0n) is 24.7. The summed E-state index contributed by atoms with van der Waals surface area (Å²) >= 11 is 0. The summed E-state index contributed by atoms with van der Waals surface area (Å²) in [5, 5.41) is 0. The van der Waals surface area contributed by atoms with Crippen LogP contribution >= 0.6 is 0 Å². The first-order chi connectivity index (χ1) is 21.6. The molecule has 8 nitrogen and oxygen atoms in total. The first-order valence-corrected chi connectivity index (χ1v) is 15.8. The minimum Gasteiger partial charge on any atom is -0.497 e. The van der Waals surface area contributed by atoms with Gasteiger partial charge in [-0.05, 0) is 47.5 Å². The fourth-order valence-corrected chi connectivity index (χ4v) is 6.80. The predicted molar refractivity (Wildman–Crippen MR) is 165 cm³/mol. The summed E-state index contributed by atoms with van der Waals surface area (Å²) < 4.78 is 57.2. The molecule has 4 aromatic rings. The highest BCUT2D eigenvalue weighted by Crippen LogP contribution is 2.39. The summed E-state index contributed by atoms with van der Waals surface area (Å²) in [7, 11) is 1.70. The molecule has 2 unspecified atom stereocenters. The first-order valence-electron chi connectivity index (χ1n) is 14.5. The summed E-state index contributed by atoms with van der Waals surface area (Å²) in [5.41, 5.74) is 1.94. The molecule has 6 rings (SSSR count). The molecule has 2 fully saturated rings. The van der Waals surface area contributed by atoms with E-state index in [2.05, 4.69) is 0 Å². The Bertz CT molecular complexity index is 1480. The van der Waals surface area contributed by atoms with Crippen LogP contribution in [0.5, 0.6) is 11.5 Å². The first kappa shape index (κ1) is 30.5. The number of ether oxygens (including phenoxy) is 7. The molecule has 230 valence electrons. The quantitative estimate of drug-likeness (QED) is 0.209. The summed E-state index contributed by atoms with van der Waals surface area (Å²) in [6.07, 6.45) is -3.02. The Morgan fingerprint density at radius 3 is 1.80 bits per heavy atom. The maximum Gasteiger partial charge on any atom is 0.184 e. The third kappa shape index (κ3) is 7.04. The van der Waals surface area contributed by atoms with Crippen LogP contribution in [0.4, 0.5) is 0 Å². The van der Waals surface area contributed by atoms with E-state index in [4.69, 9.17) is 33.2 Å². The smallest absolute Gasteiger partial charge is 0.184 e. The Morgan fingerprint density at radius 2 is 1.23 bits per heavy atom. The molecule has 0 saturated carbocycles. The van der Waals surface area contributed by atoms with Crippen LogP contribution in [0.3, 0.4) is 0 Å². The lowest BCUT2D eigenvalue weighted by Crippen LogP contribution is -2.63. The average Bonchev–Trinajstić information content (AvgIpc) is 3.10. The minimum absolute atomic E-state index is 0.249. The zero-order valence-corrected chi connectivity index (χ0v) is 25.5. The number of benzene rings is 4. The third-order valence-electron chi connectivity index (χ3n) is 7.75. The second kappa shape index (κ2) is 14.5. The van der Waals surface area contributed by atoms with Gasteiger partial charge >= 0.3 is 0 Å². The lowest BCUT2D eigenvalue weighted by Gasteiger charge is -2.49. The number of hydrogen-bond acceptors (Lipinski definition) is 8. The van der Waals surface area contributed by atoms with Gasteiger partial charge in [-0.25, -0.2) is 0 Å². The molecule has 7 atom stereocenters. The Hall–Kier alpha value is -3.57. The van der Waals surface area contributed by atoms with Crippen molar-refractivity contribution in [2.24, 2.45) is 0 Å². The number of methoxy groups -OCH3 is 2. The van der Waals surface area contributed by atoms with Crippen LogP contribution in [0.1, 0.15) is 23.0 Å². The molecule has 0 aromatic heterocycles. The molecule has 2 heterocycles. The van der Waals surface area contributed by atoms with Gasteiger partial charge in [0.15, 0.2) is 11.7 Å². The van der Waals surface area contributed by atoms with E-state index in [-0.39, 0.29) is 19.8 Å². The molecule has 0 aliphatic carbocycles. The van der Waals surface area contributed by atoms with Gasteiger partial charge in [0.1, 0.15) is 35.9 Å². The van der Waals surface area contributed by atoms with Crippen molar-refractivity contribution in [1.82, 2.24) is 0 Å². The van der Waals surface area contributed by atoms with Gasteiger partial charge in [-0.15, -0.1) is 0 Å². The molecule has 0 spiro atoms. The standard InChI is InChI=1S/C35H36O8S/c1-37-27-17-13-24(14-18-27)21-39-32-31-30(23-41-34(43-31)26-9-5-3-6-10-26)42-35(44(36)29-11-7-4-8-12-29)33(32)40-22-25-15-19-28(38-2)20-16-25/h3-20,30-35H,21-23H2,1-2H3/t30-,31-,32+,33+,34?,35-,44?/m1/s1. The lowest BCUT2D eigenvalue weighted by atomic mass is 9.98. The molecule has 0 N–H and O–H groups in total. The van der Waals surface area contributed by atoms with Gasteiger partial charge in [0.05, 0.1) is 44.8 Å². The van der Waals surface area contributed by atoms with Crippen LogP contribution in [0, 0.1) is 0 Å². The molecule has 9 heteroatoms. The predicted octanol–water partition coefficient (Wildman–Crippen LogP) is 5.82. The molecule has 2 aliphatic rings. The van der Waals surface area contributed by atoms with E-state index < -0.39 is 46.9 Å². The monoisotopic (exact) mass is 616 g/mol. The second-order valence-corrected chi connectivity index (χ2v) is 12.1. The van der Waals surface area contributed by atoms with Gasteiger partial charge in [0, 0.05) is 10.5 Å². The average molecular weight is 617 g/mol. The van der Waals surface area contributed by atoms with Crippen LogP contribution in [-0.2, 0) is 47.7 Å². The van der Waals surface area contributed by atoms with Gasteiger partial charge in [0.25, 0.3) is 0 Å². The van der Waals surface area contributed by atoms with Crippen molar-refractivity contribution in [3.63, 3.8) is 0 Å². The molecule has 0 amide bonds. The van der Waals surface area contributed by atoms with Crippen LogP contribution in [0.25, 0.3) is 0 Å². The van der Waals surface area contributed by atoms with Crippen molar-refractivity contribution < 1.29 is 37.4 Å². The van der Waals surface area contributed by atoms with E-state index in [0.717, 1.165) is 28.2 Å². The molecule has 44 heavy (non-hydrogen) atoms. The van der Waals surface area contributed by atoms with Gasteiger partial charge in [-0.1, -0.05) is 72.8 Å². The number of rotatable bonds is 11. The van der Waals surface area contributed by atoms with Crippen molar-refractivity contribution in [1.29, 1.82) is 0 Å². The van der Waals surface area contributed by atoms with Crippen LogP contribution in [-0.4, -0.2) is 54.9 Å². The fraction of sp³-hybridized carbons (Fsp3) is 0.314. The normalized spacial score (nSPS) is 25.5. The Balaban J connectivity index is 1.32. The van der Waals surface area contributed by atoms with Crippen molar-refractivity contribution in [2.75, 3.05) is 20.8 Å². The summed E-state index contributed by atoms with van der Waals surface area (Å²) in [6.45, 7) is 0.782. The Morgan fingerprint density at radius 1 is 0.682 bits per heavy atom. The van der Waals surface area contributed by atoms with Gasteiger partial charge in [-0.3, -0.25) is 4.21 Å². The van der Waals surface area contributed by atoms with E-state index in [1.165, 1.54) is 0 Å². The lowest BCUT2D eigenvalue weighted by molar-refractivity contribution is -0.330. The number of fused-ring (bicyclic) bond motifs is 1. The maximum atomic E-state index is 14.1. The van der Waals surface area contributed by atoms with Crippen LogP contribution < -0.4 is 9.47 Å². The van der Waals surface area contributed by atoms with Gasteiger partial charge in [-0.2, -0.15) is 0 Å². The highest BCUT2D eigenvalue weighted by Gasteiger charge is 2.53.